The predicted octanol–water partition coefficient (Wildman–Crippen LogP) is 3.58. The zero-order valence-corrected chi connectivity index (χ0v) is 9.65. The summed E-state index contributed by atoms with van der Waals surface area (Å²) in [7, 11) is 0. The molecule has 1 N–H and O–H groups in total. The highest BCUT2D eigenvalue weighted by Gasteiger charge is 2.09. The van der Waals surface area contributed by atoms with E-state index in [1.54, 1.807) is 18.3 Å². The van der Waals surface area contributed by atoms with Crippen LogP contribution in [0.15, 0.2) is 42.6 Å². The molecule has 2 rings (SSSR count). The Morgan fingerprint density at radius 3 is 2.65 bits per heavy atom. The van der Waals surface area contributed by atoms with E-state index in [1.165, 1.54) is 12.1 Å². The summed E-state index contributed by atoms with van der Waals surface area (Å²) in [5.41, 5.74) is 1.06. The molecule has 2 nitrogen and oxygen atoms in total. The molecule has 1 unspecified atom stereocenters. The van der Waals surface area contributed by atoms with E-state index in [-0.39, 0.29) is 11.9 Å². The topological polar surface area (TPSA) is 24.9 Å². The van der Waals surface area contributed by atoms with Crippen molar-refractivity contribution in [2.75, 3.05) is 5.32 Å². The number of aromatic nitrogens is 1. The Balaban J connectivity index is 2.14. The van der Waals surface area contributed by atoms with Crippen LogP contribution in [0.2, 0.25) is 0 Å². The van der Waals surface area contributed by atoms with Gasteiger partial charge in [0.15, 0.2) is 0 Å². The van der Waals surface area contributed by atoms with Crippen LogP contribution in [0.3, 0.4) is 0 Å². The van der Waals surface area contributed by atoms with E-state index in [0.29, 0.717) is 0 Å². The summed E-state index contributed by atoms with van der Waals surface area (Å²) in [6, 6.07) is 13.2. The second-order valence-corrected chi connectivity index (χ2v) is 3.80. The van der Waals surface area contributed by atoms with Crippen LogP contribution in [0.4, 0.5) is 10.2 Å². The molecular weight excluding hydrogens is 215 g/mol. The SMILES string of the molecule is CCC(Nc1cc[c]cn1)c1ccc(F)cc1. The lowest BCUT2D eigenvalue weighted by atomic mass is 10.0. The maximum Gasteiger partial charge on any atom is 0.126 e. The van der Waals surface area contributed by atoms with Gasteiger partial charge in [0.05, 0.1) is 6.04 Å². The molecule has 0 aliphatic rings. The molecule has 0 saturated heterocycles. The van der Waals surface area contributed by atoms with Crippen molar-refractivity contribution in [2.24, 2.45) is 0 Å². The Kier molecular flexibility index (Phi) is 3.70. The highest BCUT2D eigenvalue weighted by Crippen LogP contribution is 2.21. The molecule has 0 aliphatic heterocycles. The first-order valence-electron chi connectivity index (χ1n) is 5.63. The number of hydrogen-bond acceptors (Lipinski definition) is 2. The smallest absolute Gasteiger partial charge is 0.126 e. The van der Waals surface area contributed by atoms with Crippen LogP contribution in [0.5, 0.6) is 0 Å². The van der Waals surface area contributed by atoms with Gasteiger partial charge in [0, 0.05) is 12.3 Å². The minimum absolute atomic E-state index is 0.144. The molecule has 0 spiro atoms. The van der Waals surface area contributed by atoms with Gasteiger partial charge in [-0.25, -0.2) is 9.37 Å². The largest absolute Gasteiger partial charge is 0.363 e. The number of pyridine rings is 1. The van der Waals surface area contributed by atoms with Crippen LogP contribution < -0.4 is 5.32 Å². The fraction of sp³-hybridized carbons (Fsp3) is 0.214. The van der Waals surface area contributed by atoms with Crippen molar-refractivity contribution in [3.8, 4) is 0 Å². The maximum absolute atomic E-state index is 12.8. The number of rotatable bonds is 4. The zero-order valence-electron chi connectivity index (χ0n) is 9.65. The summed E-state index contributed by atoms with van der Waals surface area (Å²) in [4.78, 5) is 4.17. The quantitative estimate of drug-likeness (QED) is 0.866. The van der Waals surface area contributed by atoms with Crippen LogP contribution in [0.1, 0.15) is 24.9 Å². The molecule has 0 fully saturated rings. The third kappa shape index (κ3) is 3.03. The molecule has 2 aromatic rings. The van der Waals surface area contributed by atoms with Crippen molar-refractivity contribution in [1.82, 2.24) is 4.98 Å². The molecule has 1 heterocycles. The highest BCUT2D eigenvalue weighted by atomic mass is 19.1. The molecule has 3 heteroatoms. The summed E-state index contributed by atoms with van der Waals surface area (Å²) < 4.78 is 12.8. The third-order valence-corrected chi connectivity index (χ3v) is 2.62. The van der Waals surface area contributed by atoms with E-state index < -0.39 is 0 Å². The van der Waals surface area contributed by atoms with Crippen molar-refractivity contribution in [3.63, 3.8) is 0 Å². The molecule has 0 aliphatic carbocycles. The van der Waals surface area contributed by atoms with Gasteiger partial charge >= 0.3 is 0 Å². The molecule has 1 aromatic heterocycles. The van der Waals surface area contributed by atoms with Gasteiger partial charge in [0.25, 0.3) is 0 Å². The highest BCUT2D eigenvalue weighted by molar-refractivity contribution is 5.37. The molecule has 0 amide bonds. The summed E-state index contributed by atoms with van der Waals surface area (Å²) in [6.45, 7) is 2.08. The van der Waals surface area contributed by atoms with Crippen LogP contribution in [-0.4, -0.2) is 4.98 Å². The van der Waals surface area contributed by atoms with E-state index in [4.69, 9.17) is 0 Å². The number of anilines is 1. The fourth-order valence-corrected chi connectivity index (χ4v) is 1.70. The summed E-state index contributed by atoms with van der Waals surface area (Å²) in [6.07, 6.45) is 2.53. The standard InChI is InChI=1S/C14H14FN2/c1-2-13(11-6-8-12(15)9-7-11)17-14-5-3-4-10-16-14/h3,5-10,13H,2H2,1H3,(H,16,17). The predicted molar refractivity (Wildman–Crippen MR) is 66.1 cm³/mol. The first-order valence-corrected chi connectivity index (χ1v) is 5.63. The Morgan fingerprint density at radius 2 is 2.06 bits per heavy atom. The Labute approximate surface area is 101 Å². The van der Waals surface area contributed by atoms with Crippen LogP contribution >= 0.6 is 0 Å². The van der Waals surface area contributed by atoms with Crippen LogP contribution in [0.25, 0.3) is 0 Å². The van der Waals surface area contributed by atoms with Crippen molar-refractivity contribution < 1.29 is 4.39 Å². The normalized spacial score (nSPS) is 12.1. The van der Waals surface area contributed by atoms with Gasteiger partial charge in [0.1, 0.15) is 11.6 Å². The van der Waals surface area contributed by atoms with Crippen molar-refractivity contribution >= 4 is 5.82 Å². The van der Waals surface area contributed by atoms with E-state index in [1.807, 2.05) is 12.1 Å². The summed E-state index contributed by atoms with van der Waals surface area (Å²) >= 11 is 0. The molecule has 0 bridgehead atoms. The first-order chi connectivity index (χ1) is 8.29. The van der Waals surface area contributed by atoms with Crippen molar-refractivity contribution in [2.45, 2.75) is 19.4 Å². The van der Waals surface area contributed by atoms with E-state index in [0.717, 1.165) is 17.8 Å². The minimum Gasteiger partial charge on any atom is -0.363 e. The molecule has 0 saturated carbocycles. The number of nitrogens with zero attached hydrogens (tertiary/aromatic N) is 1. The van der Waals surface area contributed by atoms with Gasteiger partial charge in [-0.15, -0.1) is 0 Å². The minimum atomic E-state index is -0.212. The molecule has 87 valence electrons. The third-order valence-electron chi connectivity index (χ3n) is 2.62. The fourth-order valence-electron chi connectivity index (χ4n) is 1.70. The number of nitrogens with one attached hydrogen (secondary N) is 1. The lowest BCUT2D eigenvalue weighted by Gasteiger charge is -2.17. The number of halogens is 1. The second-order valence-electron chi connectivity index (χ2n) is 3.80. The molecule has 1 atom stereocenters. The molecule has 1 radical (unpaired) electrons. The van der Waals surface area contributed by atoms with E-state index >= 15 is 0 Å². The van der Waals surface area contributed by atoms with Crippen LogP contribution in [0, 0.1) is 11.9 Å². The Hall–Kier alpha value is -1.90. The summed E-state index contributed by atoms with van der Waals surface area (Å²) in [5.74, 6) is 0.593. The lowest BCUT2D eigenvalue weighted by Crippen LogP contribution is -2.10. The molecule has 17 heavy (non-hydrogen) atoms. The second kappa shape index (κ2) is 5.43. The zero-order chi connectivity index (χ0) is 12.1. The average Bonchev–Trinajstić information content (AvgIpc) is 2.38. The lowest BCUT2D eigenvalue weighted by molar-refractivity contribution is 0.625. The van der Waals surface area contributed by atoms with Gasteiger partial charge in [0.2, 0.25) is 0 Å². The van der Waals surface area contributed by atoms with Crippen molar-refractivity contribution in [3.05, 3.63) is 60.0 Å². The summed E-state index contributed by atoms with van der Waals surface area (Å²) in [5, 5.41) is 3.31. The first kappa shape index (κ1) is 11.6. The van der Waals surface area contributed by atoms with E-state index in [2.05, 4.69) is 23.3 Å². The van der Waals surface area contributed by atoms with Crippen molar-refractivity contribution in [1.29, 1.82) is 0 Å². The average molecular weight is 229 g/mol. The van der Waals surface area contributed by atoms with Gasteiger partial charge in [-0.05, 0) is 36.2 Å². The Bertz CT molecular complexity index is 453. The molecular formula is C14H14FN2. The van der Waals surface area contributed by atoms with Gasteiger partial charge < -0.3 is 5.32 Å². The van der Waals surface area contributed by atoms with Gasteiger partial charge in [-0.1, -0.05) is 19.1 Å². The van der Waals surface area contributed by atoms with Gasteiger partial charge in [-0.2, -0.15) is 0 Å². The van der Waals surface area contributed by atoms with E-state index in [9.17, 15) is 4.39 Å². The maximum atomic E-state index is 12.8. The Morgan fingerprint density at radius 1 is 1.29 bits per heavy atom. The monoisotopic (exact) mass is 229 g/mol. The van der Waals surface area contributed by atoms with Crippen LogP contribution in [-0.2, 0) is 0 Å². The number of benzene rings is 1. The number of hydrogen-bond donors (Lipinski definition) is 1. The van der Waals surface area contributed by atoms with Gasteiger partial charge in [-0.3, -0.25) is 0 Å². The molecule has 1 aromatic carbocycles.